The zero-order chi connectivity index (χ0) is 23.3. The number of rotatable bonds is 3. The maximum Gasteiger partial charge on any atom is 0.159 e. The zero-order valence-electron chi connectivity index (χ0n) is 20.0. The lowest BCUT2D eigenvalue weighted by Crippen LogP contribution is -2.48. The van der Waals surface area contributed by atoms with Crippen molar-refractivity contribution in [3.63, 3.8) is 0 Å². The Labute approximate surface area is 194 Å². The predicted octanol–water partition coefficient (Wildman–Crippen LogP) is 3.49. The first-order valence-electron chi connectivity index (χ1n) is 12.0. The SMILES string of the molecule is Cc1cc(N2CC[C@@H](c3ncc(N4CC[C@@H](N)[C@H](F)C4)cc3C)[C@H](C)C2)c2cnn(C)c2n1. The smallest absolute Gasteiger partial charge is 0.159 e. The highest BCUT2D eigenvalue weighted by molar-refractivity contribution is 5.89. The molecule has 2 fully saturated rings. The molecule has 4 atom stereocenters. The van der Waals surface area contributed by atoms with Crippen LogP contribution in [0.5, 0.6) is 0 Å². The molecule has 2 saturated heterocycles. The first-order valence-corrected chi connectivity index (χ1v) is 12.0. The molecule has 0 aliphatic carbocycles. The average molecular weight is 452 g/mol. The fourth-order valence-electron chi connectivity index (χ4n) is 5.54. The average Bonchev–Trinajstić information content (AvgIpc) is 3.16. The van der Waals surface area contributed by atoms with Crippen LogP contribution in [0, 0.1) is 19.8 Å². The predicted molar refractivity (Wildman–Crippen MR) is 131 cm³/mol. The van der Waals surface area contributed by atoms with Crippen LogP contribution in [0.2, 0.25) is 0 Å². The molecule has 176 valence electrons. The van der Waals surface area contributed by atoms with Crippen LogP contribution in [0.3, 0.4) is 0 Å². The van der Waals surface area contributed by atoms with E-state index in [0.29, 0.717) is 24.8 Å². The van der Waals surface area contributed by atoms with Crippen molar-refractivity contribution in [3.05, 3.63) is 41.5 Å². The maximum atomic E-state index is 14.1. The number of alkyl halides is 1. The van der Waals surface area contributed by atoms with E-state index in [1.807, 2.05) is 31.0 Å². The van der Waals surface area contributed by atoms with Crippen LogP contribution in [0.25, 0.3) is 11.0 Å². The van der Waals surface area contributed by atoms with Gasteiger partial charge in [0.2, 0.25) is 0 Å². The molecule has 0 saturated carbocycles. The third-order valence-electron chi connectivity index (χ3n) is 7.47. The van der Waals surface area contributed by atoms with Gasteiger partial charge in [0, 0.05) is 50.0 Å². The normalized spacial score (nSPS) is 26.2. The maximum absolute atomic E-state index is 14.1. The molecule has 5 heterocycles. The van der Waals surface area contributed by atoms with Gasteiger partial charge in [-0.05, 0) is 50.3 Å². The molecule has 5 rings (SSSR count). The summed E-state index contributed by atoms with van der Waals surface area (Å²) >= 11 is 0. The van der Waals surface area contributed by atoms with Crippen molar-refractivity contribution in [2.24, 2.45) is 18.7 Å². The molecule has 0 aromatic carbocycles. The van der Waals surface area contributed by atoms with E-state index in [2.05, 4.69) is 45.9 Å². The van der Waals surface area contributed by atoms with Gasteiger partial charge in [0.05, 0.1) is 35.7 Å². The topological polar surface area (TPSA) is 76.1 Å². The number of pyridine rings is 2. The van der Waals surface area contributed by atoms with Crippen molar-refractivity contribution < 1.29 is 4.39 Å². The molecule has 2 aliphatic heterocycles. The lowest BCUT2D eigenvalue weighted by atomic mass is 9.82. The van der Waals surface area contributed by atoms with Gasteiger partial charge < -0.3 is 15.5 Å². The number of hydrogen-bond acceptors (Lipinski definition) is 6. The van der Waals surface area contributed by atoms with E-state index >= 15 is 0 Å². The van der Waals surface area contributed by atoms with E-state index in [1.165, 1.54) is 16.9 Å². The van der Waals surface area contributed by atoms with Crippen LogP contribution in [0.1, 0.15) is 42.6 Å². The first-order chi connectivity index (χ1) is 15.8. The summed E-state index contributed by atoms with van der Waals surface area (Å²) in [5, 5.41) is 5.54. The zero-order valence-corrected chi connectivity index (χ0v) is 20.0. The summed E-state index contributed by atoms with van der Waals surface area (Å²) in [6.45, 7) is 9.57. The summed E-state index contributed by atoms with van der Waals surface area (Å²) in [6, 6.07) is 4.01. The van der Waals surface area contributed by atoms with Gasteiger partial charge in [-0.15, -0.1) is 0 Å². The summed E-state index contributed by atoms with van der Waals surface area (Å²) in [7, 11) is 1.94. The Hall–Kier alpha value is -2.74. The van der Waals surface area contributed by atoms with Crippen LogP contribution in [0.4, 0.5) is 15.8 Å². The van der Waals surface area contributed by atoms with Crippen molar-refractivity contribution >= 4 is 22.4 Å². The van der Waals surface area contributed by atoms with Crippen LogP contribution < -0.4 is 15.5 Å². The lowest BCUT2D eigenvalue weighted by molar-refractivity contribution is 0.251. The minimum atomic E-state index is -0.980. The number of halogens is 1. The molecular weight excluding hydrogens is 417 g/mol. The summed E-state index contributed by atoms with van der Waals surface area (Å²) in [6.07, 6.45) is 4.59. The molecule has 33 heavy (non-hydrogen) atoms. The summed E-state index contributed by atoms with van der Waals surface area (Å²) in [5.41, 5.74) is 12.4. The standard InChI is InChI=1S/C25H34FN7/c1-15-9-18(32-8-6-22(27)21(26)14-32)11-28-24(15)19-5-7-33(13-16(19)2)23-10-17(3)30-25-20(23)12-29-31(25)4/h9-12,16,19,21-22H,5-8,13-14,27H2,1-4H3/t16-,19-,21-,22-/m1/s1. The molecule has 7 nitrogen and oxygen atoms in total. The van der Waals surface area contributed by atoms with Gasteiger partial charge in [0.25, 0.3) is 0 Å². The summed E-state index contributed by atoms with van der Waals surface area (Å²) in [4.78, 5) is 14.1. The molecule has 0 bridgehead atoms. The van der Waals surface area contributed by atoms with E-state index in [-0.39, 0.29) is 6.04 Å². The Morgan fingerprint density at radius 2 is 1.85 bits per heavy atom. The highest BCUT2D eigenvalue weighted by Crippen LogP contribution is 2.38. The van der Waals surface area contributed by atoms with Crippen molar-refractivity contribution in [2.75, 3.05) is 36.0 Å². The molecule has 3 aromatic rings. The Morgan fingerprint density at radius 1 is 1.06 bits per heavy atom. The van der Waals surface area contributed by atoms with Crippen LogP contribution >= 0.6 is 0 Å². The first kappa shape index (κ1) is 22.1. The van der Waals surface area contributed by atoms with Gasteiger partial charge in [-0.1, -0.05) is 6.92 Å². The number of piperidine rings is 2. The van der Waals surface area contributed by atoms with E-state index in [4.69, 9.17) is 10.7 Å². The van der Waals surface area contributed by atoms with Gasteiger partial charge in [-0.2, -0.15) is 5.10 Å². The molecule has 0 amide bonds. The lowest BCUT2D eigenvalue weighted by Gasteiger charge is -2.39. The Morgan fingerprint density at radius 3 is 2.58 bits per heavy atom. The fourth-order valence-corrected chi connectivity index (χ4v) is 5.54. The van der Waals surface area contributed by atoms with Gasteiger partial charge >= 0.3 is 0 Å². The largest absolute Gasteiger partial charge is 0.371 e. The molecule has 0 unspecified atom stereocenters. The van der Waals surface area contributed by atoms with Gasteiger partial charge in [0.15, 0.2) is 5.65 Å². The minimum Gasteiger partial charge on any atom is -0.371 e. The van der Waals surface area contributed by atoms with Crippen molar-refractivity contribution in [2.45, 2.75) is 51.7 Å². The molecule has 8 heteroatoms. The molecule has 2 aliphatic rings. The van der Waals surface area contributed by atoms with E-state index in [9.17, 15) is 4.39 Å². The number of nitrogens with zero attached hydrogens (tertiary/aromatic N) is 6. The van der Waals surface area contributed by atoms with Crippen LogP contribution in [-0.4, -0.2) is 58.1 Å². The second-order valence-electron chi connectivity index (χ2n) is 9.92. The van der Waals surface area contributed by atoms with E-state index in [1.54, 1.807) is 0 Å². The highest BCUT2D eigenvalue weighted by atomic mass is 19.1. The van der Waals surface area contributed by atoms with Crippen molar-refractivity contribution in [1.82, 2.24) is 19.7 Å². The second kappa shape index (κ2) is 8.56. The Bertz CT molecular complexity index is 1160. The third kappa shape index (κ3) is 4.05. The Kier molecular flexibility index (Phi) is 5.72. The fraction of sp³-hybridized carbons (Fsp3) is 0.560. The number of fused-ring (bicyclic) bond motifs is 1. The van der Waals surface area contributed by atoms with E-state index in [0.717, 1.165) is 48.5 Å². The van der Waals surface area contributed by atoms with Gasteiger partial charge in [-0.25, -0.2) is 9.37 Å². The number of anilines is 2. The summed E-state index contributed by atoms with van der Waals surface area (Å²) < 4.78 is 16.0. The molecule has 0 radical (unpaired) electrons. The highest BCUT2D eigenvalue weighted by Gasteiger charge is 2.31. The quantitative estimate of drug-likeness (QED) is 0.657. The molecule has 2 N–H and O–H groups in total. The minimum absolute atomic E-state index is 0.349. The number of aryl methyl sites for hydroxylation is 3. The third-order valence-corrected chi connectivity index (χ3v) is 7.47. The second-order valence-corrected chi connectivity index (χ2v) is 9.92. The summed E-state index contributed by atoms with van der Waals surface area (Å²) in [5.74, 6) is 0.866. The van der Waals surface area contributed by atoms with Crippen molar-refractivity contribution in [3.8, 4) is 0 Å². The van der Waals surface area contributed by atoms with Crippen molar-refractivity contribution in [1.29, 1.82) is 0 Å². The Balaban J connectivity index is 1.34. The monoisotopic (exact) mass is 451 g/mol. The van der Waals surface area contributed by atoms with Crippen LogP contribution in [-0.2, 0) is 7.05 Å². The molecule has 3 aromatic heterocycles. The number of nitrogens with two attached hydrogens (primary N) is 1. The number of aromatic nitrogens is 4. The number of hydrogen-bond donors (Lipinski definition) is 1. The molecule has 0 spiro atoms. The van der Waals surface area contributed by atoms with Crippen LogP contribution in [0.15, 0.2) is 24.5 Å². The molecular formula is C25H34FN7. The van der Waals surface area contributed by atoms with E-state index < -0.39 is 6.17 Å². The van der Waals surface area contributed by atoms with Gasteiger partial charge in [-0.3, -0.25) is 9.67 Å². The van der Waals surface area contributed by atoms with Gasteiger partial charge in [0.1, 0.15) is 6.17 Å².